The minimum Gasteiger partial charge on any atom is -0.416 e. The monoisotopic (exact) mass is 331 g/mol. The Morgan fingerprint density at radius 2 is 1.78 bits per heavy atom. The quantitative estimate of drug-likeness (QED) is 0.640. The molecule has 0 radical (unpaired) electrons. The SMILES string of the molecule is C[SiH](C)OCc1c(-c2cc(N)ccc2F)cccc1C(C)(C)C. The van der Waals surface area contributed by atoms with Gasteiger partial charge in [0.05, 0.1) is 6.61 Å². The van der Waals surface area contributed by atoms with E-state index in [2.05, 4.69) is 39.9 Å². The van der Waals surface area contributed by atoms with E-state index < -0.39 is 9.04 Å². The van der Waals surface area contributed by atoms with Gasteiger partial charge < -0.3 is 10.2 Å². The molecular formula is C19H26FNOSi. The first-order valence-electron chi connectivity index (χ1n) is 7.99. The molecule has 0 spiro atoms. The smallest absolute Gasteiger partial charge is 0.171 e. The molecule has 0 aliphatic rings. The number of rotatable bonds is 4. The molecule has 0 bridgehead atoms. The number of hydrogen-bond acceptors (Lipinski definition) is 2. The third-order valence-corrected chi connectivity index (χ3v) is 4.66. The van der Waals surface area contributed by atoms with E-state index in [1.54, 1.807) is 12.1 Å². The molecule has 0 atom stereocenters. The largest absolute Gasteiger partial charge is 0.416 e. The summed E-state index contributed by atoms with van der Waals surface area (Å²) in [6.45, 7) is 11.3. The summed E-state index contributed by atoms with van der Waals surface area (Å²) in [5.74, 6) is -0.256. The Hall–Kier alpha value is -1.65. The van der Waals surface area contributed by atoms with Crippen molar-refractivity contribution in [3.63, 3.8) is 0 Å². The lowest BCUT2D eigenvalue weighted by molar-refractivity contribution is 0.311. The molecule has 4 heteroatoms. The minimum atomic E-state index is -1.17. The van der Waals surface area contributed by atoms with Gasteiger partial charge in [0, 0.05) is 11.3 Å². The first kappa shape index (κ1) is 17.7. The lowest BCUT2D eigenvalue weighted by Crippen LogP contribution is -2.17. The van der Waals surface area contributed by atoms with E-state index >= 15 is 0 Å². The van der Waals surface area contributed by atoms with Gasteiger partial charge in [-0.15, -0.1) is 0 Å². The maximum absolute atomic E-state index is 14.4. The van der Waals surface area contributed by atoms with Crippen molar-refractivity contribution in [3.05, 3.63) is 53.3 Å². The third kappa shape index (κ3) is 4.21. The summed E-state index contributed by atoms with van der Waals surface area (Å²) in [6.07, 6.45) is 0. The maximum Gasteiger partial charge on any atom is 0.171 e. The van der Waals surface area contributed by atoms with E-state index in [0.29, 0.717) is 17.9 Å². The van der Waals surface area contributed by atoms with Gasteiger partial charge in [-0.05, 0) is 53.4 Å². The molecule has 0 saturated carbocycles. The average Bonchev–Trinajstić information content (AvgIpc) is 2.46. The predicted octanol–water partition coefficient (Wildman–Crippen LogP) is 4.87. The molecule has 2 aromatic rings. The number of anilines is 1. The highest BCUT2D eigenvalue weighted by atomic mass is 28.3. The number of benzene rings is 2. The van der Waals surface area contributed by atoms with Gasteiger partial charge in [-0.2, -0.15) is 0 Å². The van der Waals surface area contributed by atoms with Crippen LogP contribution < -0.4 is 5.73 Å². The van der Waals surface area contributed by atoms with Gasteiger partial charge in [0.2, 0.25) is 0 Å². The topological polar surface area (TPSA) is 35.2 Å². The van der Waals surface area contributed by atoms with Crippen LogP contribution in [-0.4, -0.2) is 9.04 Å². The molecule has 124 valence electrons. The van der Waals surface area contributed by atoms with Crippen molar-refractivity contribution in [2.24, 2.45) is 0 Å². The number of hydrogen-bond donors (Lipinski definition) is 1. The second-order valence-corrected chi connectivity index (χ2v) is 9.61. The van der Waals surface area contributed by atoms with Crippen LogP contribution in [0.25, 0.3) is 11.1 Å². The molecule has 2 rings (SSSR count). The van der Waals surface area contributed by atoms with Crippen LogP contribution in [0.3, 0.4) is 0 Å². The third-order valence-electron chi connectivity index (χ3n) is 3.83. The number of nitrogen functional groups attached to an aromatic ring is 1. The van der Waals surface area contributed by atoms with Gasteiger partial charge >= 0.3 is 0 Å². The van der Waals surface area contributed by atoms with Crippen molar-refractivity contribution in [1.29, 1.82) is 0 Å². The summed E-state index contributed by atoms with van der Waals surface area (Å²) >= 11 is 0. The van der Waals surface area contributed by atoms with E-state index in [9.17, 15) is 4.39 Å². The Morgan fingerprint density at radius 1 is 1.09 bits per heavy atom. The van der Waals surface area contributed by atoms with E-state index in [1.165, 1.54) is 11.6 Å². The molecule has 2 N–H and O–H groups in total. The van der Waals surface area contributed by atoms with E-state index in [1.807, 2.05) is 12.1 Å². The number of nitrogens with two attached hydrogens (primary N) is 1. The number of halogens is 1. The summed E-state index contributed by atoms with van der Waals surface area (Å²) in [5, 5.41) is 0. The Kier molecular flexibility index (Phi) is 5.27. The van der Waals surface area contributed by atoms with Gasteiger partial charge in [0.1, 0.15) is 5.82 Å². The van der Waals surface area contributed by atoms with Gasteiger partial charge in [0.25, 0.3) is 0 Å². The van der Waals surface area contributed by atoms with Crippen LogP contribution >= 0.6 is 0 Å². The van der Waals surface area contributed by atoms with E-state index in [0.717, 1.165) is 11.1 Å². The normalized spacial score (nSPS) is 12.0. The van der Waals surface area contributed by atoms with Gasteiger partial charge in [-0.25, -0.2) is 4.39 Å². The molecule has 0 heterocycles. The zero-order valence-electron chi connectivity index (χ0n) is 14.6. The zero-order chi connectivity index (χ0) is 17.2. The molecule has 0 saturated heterocycles. The standard InChI is InChI=1S/C19H26FNOSi/c1-19(2,3)17-8-6-7-14(16(17)12-22-23(4)5)15-11-13(21)9-10-18(15)20/h6-11,23H,12,21H2,1-5H3. The summed E-state index contributed by atoms with van der Waals surface area (Å²) in [6, 6.07) is 10.8. The average molecular weight is 332 g/mol. The van der Waals surface area contributed by atoms with Gasteiger partial charge in [-0.3, -0.25) is 0 Å². The van der Waals surface area contributed by atoms with Crippen molar-refractivity contribution < 1.29 is 8.82 Å². The van der Waals surface area contributed by atoms with Crippen LogP contribution in [0.1, 0.15) is 31.9 Å². The fraction of sp³-hybridized carbons (Fsp3) is 0.368. The second kappa shape index (κ2) is 6.85. The maximum atomic E-state index is 14.4. The molecule has 0 unspecified atom stereocenters. The second-order valence-electron chi connectivity index (χ2n) is 7.18. The fourth-order valence-corrected chi connectivity index (χ4v) is 3.20. The van der Waals surface area contributed by atoms with Crippen LogP contribution in [0.2, 0.25) is 13.1 Å². The van der Waals surface area contributed by atoms with Crippen molar-refractivity contribution in [1.82, 2.24) is 0 Å². The lowest BCUT2D eigenvalue weighted by atomic mass is 9.81. The molecule has 0 aliphatic carbocycles. The first-order chi connectivity index (χ1) is 10.7. The highest BCUT2D eigenvalue weighted by Gasteiger charge is 2.22. The van der Waals surface area contributed by atoms with Crippen LogP contribution in [0, 0.1) is 5.82 Å². The first-order valence-corrected chi connectivity index (χ1v) is 10.8. The lowest BCUT2D eigenvalue weighted by Gasteiger charge is -2.26. The summed E-state index contributed by atoms with van der Waals surface area (Å²) in [4.78, 5) is 0. The van der Waals surface area contributed by atoms with Crippen LogP contribution in [0.5, 0.6) is 0 Å². The van der Waals surface area contributed by atoms with Crippen molar-refractivity contribution in [2.75, 3.05) is 5.73 Å². The Balaban J connectivity index is 2.64. The van der Waals surface area contributed by atoms with Crippen LogP contribution in [-0.2, 0) is 16.4 Å². The molecule has 2 aromatic carbocycles. The van der Waals surface area contributed by atoms with Gasteiger partial charge in [-0.1, -0.05) is 39.0 Å². The molecular weight excluding hydrogens is 305 g/mol. The van der Waals surface area contributed by atoms with Crippen molar-refractivity contribution in [2.45, 2.75) is 45.9 Å². The fourth-order valence-electron chi connectivity index (χ4n) is 2.70. The minimum absolute atomic E-state index is 0.0377. The summed E-state index contributed by atoms with van der Waals surface area (Å²) in [5.41, 5.74) is 10.1. The predicted molar refractivity (Wildman–Crippen MR) is 98.6 cm³/mol. The molecule has 0 fully saturated rings. The Labute approximate surface area is 140 Å². The summed E-state index contributed by atoms with van der Waals surface area (Å²) in [7, 11) is -1.17. The molecule has 0 aliphatic heterocycles. The molecule has 0 aromatic heterocycles. The van der Waals surface area contributed by atoms with Gasteiger partial charge in [0.15, 0.2) is 9.04 Å². The van der Waals surface area contributed by atoms with E-state index in [4.69, 9.17) is 10.2 Å². The van der Waals surface area contributed by atoms with Crippen molar-refractivity contribution in [3.8, 4) is 11.1 Å². The van der Waals surface area contributed by atoms with Crippen LogP contribution in [0.15, 0.2) is 36.4 Å². The Bertz CT molecular complexity index is 692. The van der Waals surface area contributed by atoms with E-state index in [-0.39, 0.29) is 11.2 Å². The molecule has 23 heavy (non-hydrogen) atoms. The summed E-state index contributed by atoms with van der Waals surface area (Å²) < 4.78 is 20.4. The Morgan fingerprint density at radius 3 is 2.39 bits per heavy atom. The zero-order valence-corrected chi connectivity index (χ0v) is 15.8. The van der Waals surface area contributed by atoms with Crippen LogP contribution in [0.4, 0.5) is 10.1 Å². The highest BCUT2D eigenvalue weighted by molar-refractivity contribution is 6.48. The van der Waals surface area contributed by atoms with Crippen molar-refractivity contribution >= 4 is 14.7 Å². The highest BCUT2D eigenvalue weighted by Crippen LogP contribution is 2.35. The molecule has 0 amide bonds. The molecule has 2 nitrogen and oxygen atoms in total.